The van der Waals surface area contributed by atoms with E-state index in [1.54, 1.807) is 48.6 Å². The molecule has 0 saturated carbocycles. The summed E-state index contributed by atoms with van der Waals surface area (Å²) in [5, 5.41) is 0. The second-order valence-corrected chi connectivity index (χ2v) is 8.04. The summed E-state index contributed by atoms with van der Waals surface area (Å²) in [6.45, 7) is 0. The predicted molar refractivity (Wildman–Crippen MR) is 93.9 cm³/mol. The van der Waals surface area contributed by atoms with E-state index < -0.39 is 9.84 Å². The van der Waals surface area contributed by atoms with Gasteiger partial charge in [0.25, 0.3) is 0 Å². The van der Waals surface area contributed by atoms with Gasteiger partial charge in [0.1, 0.15) is 0 Å². The highest BCUT2D eigenvalue weighted by atomic mass is 32.2. The summed E-state index contributed by atoms with van der Waals surface area (Å²) in [5.41, 5.74) is 2.90. The number of thioether (sulfide) groups is 1. The number of nitrogens with zero attached hydrogens (tertiary/aromatic N) is 2. The number of hydrogen-bond acceptors (Lipinski definition) is 4. The fraction of sp³-hybridized carbons (Fsp3) is 0.118. The average molecular weight is 344 g/mol. The lowest BCUT2D eigenvalue weighted by Gasteiger charge is -2.09. The molecule has 0 fully saturated rings. The summed E-state index contributed by atoms with van der Waals surface area (Å²) in [6.07, 6.45) is 6.78. The van der Waals surface area contributed by atoms with Crippen LogP contribution in [-0.4, -0.2) is 30.5 Å². The lowest BCUT2D eigenvalue weighted by atomic mass is 10.1. The summed E-state index contributed by atoms with van der Waals surface area (Å²) < 4.78 is 25.1. The normalized spacial score (nSPS) is 11.6. The van der Waals surface area contributed by atoms with Crippen molar-refractivity contribution in [1.82, 2.24) is 9.55 Å². The number of imidazole rings is 1. The first-order valence-corrected chi connectivity index (χ1v) is 10.1. The van der Waals surface area contributed by atoms with Crippen LogP contribution in [-0.2, 0) is 9.84 Å². The summed E-state index contributed by atoms with van der Waals surface area (Å²) in [4.78, 5) is 5.75. The second kappa shape index (κ2) is 6.22. The van der Waals surface area contributed by atoms with Gasteiger partial charge in [0.05, 0.1) is 23.1 Å². The monoisotopic (exact) mass is 344 g/mol. The highest BCUT2D eigenvalue weighted by molar-refractivity contribution is 7.98. The molecule has 0 saturated heterocycles. The van der Waals surface area contributed by atoms with E-state index in [1.165, 1.54) is 11.2 Å². The van der Waals surface area contributed by atoms with Gasteiger partial charge in [0.15, 0.2) is 9.84 Å². The quantitative estimate of drug-likeness (QED) is 0.678. The van der Waals surface area contributed by atoms with E-state index in [1.807, 2.05) is 10.8 Å². The van der Waals surface area contributed by atoms with E-state index in [-0.39, 0.29) is 0 Å². The van der Waals surface area contributed by atoms with E-state index in [2.05, 4.69) is 29.2 Å². The topological polar surface area (TPSA) is 52.0 Å². The van der Waals surface area contributed by atoms with Crippen LogP contribution in [0.1, 0.15) is 0 Å². The lowest BCUT2D eigenvalue weighted by molar-refractivity contribution is 0.602. The van der Waals surface area contributed by atoms with Gasteiger partial charge in [-0.25, -0.2) is 13.4 Å². The Morgan fingerprint density at radius 2 is 1.65 bits per heavy atom. The molecule has 6 heteroatoms. The molecule has 3 aromatic rings. The summed E-state index contributed by atoms with van der Waals surface area (Å²) >= 11 is 1.70. The average Bonchev–Trinajstić information content (AvgIpc) is 3.04. The Morgan fingerprint density at radius 3 is 2.22 bits per heavy atom. The first kappa shape index (κ1) is 15.8. The zero-order chi connectivity index (χ0) is 16.4. The Hall–Kier alpha value is -2.05. The Labute approximate surface area is 140 Å². The maximum atomic E-state index is 11.6. The zero-order valence-electron chi connectivity index (χ0n) is 12.8. The highest BCUT2D eigenvalue weighted by Gasteiger charge is 2.10. The van der Waals surface area contributed by atoms with Crippen LogP contribution >= 0.6 is 11.8 Å². The molecule has 0 aliphatic rings. The van der Waals surface area contributed by atoms with Gasteiger partial charge in [0.2, 0.25) is 0 Å². The van der Waals surface area contributed by atoms with Gasteiger partial charge in [-0.15, -0.1) is 11.8 Å². The molecule has 0 radical (unpaired) electrons. The minimum atomic E-state index is -3.19. The van der Waals surface area contributed by atoms with Gasteiger partial charge in [-0.2, -0.15) is 0 Å². The molecular formula is C17H16N2O2S2. The summed E-state index contributed by atoms with van der Waals surface area (Å²) in [7, 11) is -3.19. The van der Waals surface area contributed by atoms with Crippen molar-refractivity contribution >= 4 is 21.6 Å². The molecule has 4 nitrogen and oxygen atoms in total. The van der Waals surface area contributed by atoms with Gasteiger partial charge >= 0.3 is 0 Å². The van der Waals surface area contributed by atoms with E-state index in [4.69, 9.17) is 0 Å². The van der Waals surface area contributed by atoms with E-state index in [0.717, 1.165) is 16.9 Å². The highest BCUT2D eigenvalue weighted by Crippen LogP contribution is 2.25. The fourth-order valence-electron chi connectivity index (χ4n) is 2.33. The molecule has 0 spiro atoms. The fourth-order valence-corrected chi connectivity index (χ4v) is 3.37. The van der Waals surface area contributed by atoms with Crippen molar-refractivity contribution in [2.75, 3.05) is 12.5 Å². The Balaban J connectivity index is 2.00. The molecule has 23 heavy (non-hydrogen) atoms. The summed E-state index contributed by atoms with van der Waals surface area (Å²) in [5.74, 6) is 0. The third-order valence-electron chi connectivity index (χ3n) is 3.57. The van der Waals surface area contributed by atoms with Crippen molar-refractivity contribution in [2.45, 2.75) is 9.79 Å². The van der Waals surface area contributed by atoms with E-state index in [9.17, 15) is 8.42 Å². The predicted octanol–water partition coefficient (Wildman–Crippen LogP) is 3.66. The first-order chi connectivity index (χ1) is 11.0. The number of hydrogen-bond donors (Lipinski definition) is 0. The smallest absolute Gasteiger partial charge is 0.175 e. The molecule has 0 unspecified atom stereocenters. The van der Waals surface area contributed by atoms with Gasteiger partial charge in [-0.3, -0.25) is 4.57 Å². The van der Waals surface area contributed by atoms with Crippen molar-refractivity contribution in [3.05, 3.63) is 61.1 Å². The maximum Gasteiger partial charge on any atom is 0.175 e. The Kier molecular flexibility index (Phi) is 4.28. The molecule has 0 amide bonds. The van der Waals surface area contributed by atoms with Gasteiger partial charge in [-0.05, 0) is 42.7 Å². The molecule has 0 aliphatic heterocycles. The van der Waals surface area contributed by atoms with E-state index >= 15 is 0 Å². The lowest BCUT2D eigenvalue weighted by Crippen LogP contribution is -1.99. The van der Waals surface area contributed by atoms with Crippen LogP contribution in [0.15, 0.2) is 70.8 Å². The van der Waals surface area contributed by atoms with Crippen molar-refractivity contribution in [2.24, 2.45) is 0 Å². The minimum Gasteiger partial charge on any atom is -0.299 e. The maximum absolute atomic E-state index is 11.6. The molecule has 1 heterocycles. The number of rotatable bonds is 4. The van der Waals surface area contributed by atoms with Crippen LogP contribution in [0.4, 0.5) is 0 Å². The number of aromatic nitrogens is 2. The molecule has 118 valence electrons. The number of sulfone groups is 1. The molecule has 0 atom stereocenters. The molecule has 0 bridgehead atoms. The van der Waals surface area contributed by atoms with Crippen LogP contribution in [0, 0.1) is 0 Å². The van der Waals surface area contributed by atoms with Crippen LogP contribution in [0.2, 0.25) is 0 Å². The van der Waals surface area contributed by atoms with E-state index in [0.29, 0.717) is 4.90 Å². The Morgan fingerprint density at radius 1 is 1.00 bits per heavy atom. The largest absolute Gasteiger partial charge is 0.299 e. The van der Waals surface area contributed by atoms with Gasteiger partial charge in [-0.1, -0.05) is 12.1 Å². The first-order valence-electron chi connectivity index (χ1n) is 6.96. The molecule has 3 rings (SSSR count). The van der Waals surface area contributed by atoms with Crippen LogP contribution in [0.25, 0.3) is 16.9 Å². The molecular weight excluding hydrogens is 328 g/mol. The van der Waals surface area contributed by atoms with Crippen molar-refractivity contribution in [3.8, 4) is 16.9 Å². The van der Waals surface area contributed by atoms with Crippen LogP contribution < -0.4 is 0 Å². The van der Waals surface area contributed by atoms with Crippen molar-refractivity contribution in [3.63, 3.8) is 0 Å². The zero-order valence-corrected chi connectivity index (χ0v) is 14.4. The van der Waals surface area contributed by atoms with Gasteiger partial charge in [0, 0.05) is 22.4 Å². The van der Waals surface area contributed by atoms with Crippen molar-refractivity contribution < 1.29 is 8.42 Å². The molecule has 0 N–H and O–H groups in total. The summed E-state index contributed by atoms with van der Waals surface area (Å²) in [6, 6.07) is 15.1. The van der Waals surface area contributed by atoms with Gasteiger partial charge < -0.3 is 0 Å². The standard InChI is InChI=1S/C17H16N2O2S2/c1-22-15-7-3-13(4-8-15)17-11-18-12-19(17)14-5-9-16(10-6-14)23(2,20)21/h3-12H,1-2H3. The van der Waals surface area contributed by atoms with Crippen molar-refractivity contribution in [1.29, 1.82) is 0 Å². The minimum absolute atomic E-state index is 0.312. The molecule has 2 aromatic carbocycles. The SMILES string of the molecule is CSc1ccc(-c2cncn2-c2ccc(S(C)(=O)=O)cc2)cc1. The molecule has 1 aromatic heterocycles. The third-order valence-corrected chi connectivity index (χ3v) is 5.44. The van der Waals surface area contributed by atoms with Crippen LogP contribution in [0.5, 0.6) is 0 Å². The third kappa shape index (κ3) is 3.33. The molecule has 0 aliphatic carbocycles. The Bertz CT molecular complexity index is 912. The number of benzene rings is 2. The second-order valence-electron chi connectivity index (χ2n) is 5.14. The van der Waals surface area contributed by atoms with Crippen LogP contribution in [0.3, 0.4) is 0 Å².